The number of benzene rings is 1. The Hall–Kier alpha value is -0.930. The normalized spacial score (nSPS) is 16.4. The highest BCUT2D eigenvalue weighted by atomic mass is 35.5. The van der Waals surface area contributed by atoms with Crippen LogP contribution in [-0.2, 0) is 0 Å². The first-order chi connectivity index (χ1) is 8.10. The van der Waals surface area contributed by atoms with Gasteiger partial charge in [0.1, 0.15) is 5.75 Å². The summed E-state index contributed by atoms with van der Waals surface area (Å²) in [5.74, 6) is 0.751. The van der Waals surface area contributed by atoms with Gasteiger partial charge >= 0.3 is 0 Å². The van der Waals surface area contributed by atoms with Gasteiger partial charge in [-0.2, -0.15) is 0 Å². The van der Waals surface area contributed by atoms with Crippen LogP contribution in [0.2, 0.25) is 5.02 Å². The zero-order valence-corrected chi connectivity index (χ0v) is 10.9. The molecule has 1 amide bonds. The summed E-state index contributed by atoms with van der Waals surface area (Å²) >= 11 is 11.7. The fourth-order valence-corrected chi connectivity index (χ4v) is 2.11. The van der Waals surface area contributed by atoms with Crippen LogP contribution in [0.15, 0.2) is 18.2 Å². The molecule has 1 N–H and O–H groups in total. The van der Waals surface area contributed by atoms with E-state index < -0.39 is 0 Å². The molecule has 1 aromatic carbocycles. The van der Waals surface area contributed by atoms with Gasteiger partial charge in [-0.05, 0) is 31.0 Å². The lowest BCUT2D eigenvalue weighted by Crippen LogP contribution is -2.38. The van der Waals surface area contributed by atoms with Gasteiger partial charge in [0.05, 0.1) is 18.2 Å². The third-order valence-electron chi connectivity index (χ3n) is 2.89. The number of hydrogen-bond acceptors (Lipinski definition) is 2. The average molecular weight is 274 g/mol. The maximum absolute atomic E-state index is 12.1. The number of hydrogen-bond donors (Lipinski definition) is 1. The number of halogens is 2. The molecule has 0 bridgehead atoms. The molecule has 1 aliphatic rings. The Balaban J connectivity index is 2.21. The van der Waals surface area contributed by atoms with Gasteiger partial charge in [0.2, 0.25) is 0 Å². The van der Waals surface area contributed by atoms with E-state index in [-0.39, 0.29) is 11.4 Å². The third kappa shape index (κ3) is 2.67. The van der Waals surface area contributed by atoms with Crippen LogP contribution in [0.25, 0.3) is 0 Å². The minimum atomic E-state index is -0.230. The first-order valence-electron chi connectivity index (χ1n) is 5.32. The Labute approximate surface area is 110 Å². The van der Waals surface area contributed by atoms with Gasteiger partial charge in [-0.15, -0.1) is 11.6 Å². The van der Waals surface area contributed by atoms with Crippen LogP contribution < -0.4 is 10.1 Å². The second-order valence-electron chi connectivity index (χ2n) is 4.21. The monoisotopic (exact) mass is 273 g/mol. The second-order valence-corrected chi connectivity index (χ2v) is 4.92. The Morgan fingerprint density at radius 1 is 1.53 bits per heavy atom. The van der Waals surface area contributed by atoms with Crippen molar-refractivity contribution in [3.05, 3.63) is 28.8 Å². The molecule has 5 heteroatoms. The maximum Gasteiger partial charge on any atom is 0.255 e. The summed E-state index contributed by atoms with van der Waals surface area (Å²) < 4.78 is 5.14. The summed E-state index contributed by atoms with van der Waals surface area (Å²) in [5, 5.41) is 3.43. The molecule has 3 nitrogen and oxygen atoms in total. The van der Waals surface area contributed by atoms with Gasteiger partial charge in [-0.1, -0.05) is 11.6 Å². The van der Waals surface area contributed by atoms with Crippen LogP contribution >= 0.6 is 23.2 Å². The molecule has 0 spiro atoms. The molecule has 1 aliphatic carbocycles. The molecular formula is C12H13Cl2NO2. The summed E-state index contributed by atoms with van der Waals surface area (Å²) in [6, 6.07) is 4.96. The highest BCUT2D eigenvalue weighted by Gasteiger charge is 2.43. The van der Waals surface area contributed by atoms with E-state index in [1.54, 1.807) is 18.2 Å². The number of ether oxygens (including phenoxy) is 1. The number of carbonyl (C=O) groups is 1. The fourth-order valence-electron chi connectivity index (χ4n) is 1.61. The van der Waals surface area contributed by atoms with E-state index in [2.05, 4.69) is 5.32 Å². The van der Waals surface area contributed by atoms with Crippen molar-refractivity contribution in [3.63, 3.8) is 0 Å². The van der Waals surface area contributed by atoms with E-state index in [0.717, 1.165) is 12.8 Å². The van der Waals surface area contributed by atoms with Crippen LogP contribution in [0.3, 0.4) is 0 Å². The molecule has 0 saturated heterocycles. The smallest absolute Gasteiger partial charge is 0.255 e. The van der Waals surface area contributed by atoms with Crippen LogP contribution in [0.4, 0.5) is 0 Å². The molecule has 0 heterocycles. The quantitative estimate of drug-likeness (QED) is 0.857. The highest BCUT2D eigenvalue weighted by molar-refractivity contribution is 6.31. The van der Waals surface area contributed by atoms with Crippen LogP contribution in [0.5, 0.6) is 5.75 Å². The molecule has 92 valence electrons. The van der Waals surface area contributed by atoms with E-state index >= 15 is 0 Å². The zero-order valence-electron chi connectivity index (χ0n) is 9.43. The van der Waals surface area contributed by atoms with Gasteiger partial charge in [-0.3, -0.25) is 4.79 Å². The van der Waals surface area contributed by atoms with Gasteiger partial charge < -0.3 is 10.1 Å². The van der Waals surface area contributed by atoms with Crippen molar-refractivity contribution in [2.75, 3.05) is 13.0 Å². The van der Waals surface area contributed by atoms with Gasteiger partial charge in [0.25, 0.3) is 5.91 Å². The van der Waals surface area contributed by atoms with Crippen LogP contribution in [0, 0.1) is 0 Å². The largest absolute Gasteiger partial charge is 0.496 e. The molecule has 0 aliphatic heterocycles. The van der Waals surface area contributed by atoms with Crippen molar-refractivity contribution in [3.8, 4) is 5.75 Å². The molecule has 0 unspecified atom stereocenters. The fraction of sp³-hybridized carbons (Fsp3) is 0.417. The van der Waals surface area contributed by atoms with Crippen molar-refractivity contribution in [2.24, 2.45) is 0 Å². The van der Waals surface area contributed by atoms with E-state index in [4.69, 9.17) is 27.9 Å². The average Bonchev–Trinajstić information content (AvgIpc) is 3.09. The van der Waals surface area contributed by atoms with Crippen molar-refractivity contribution in [1.29, 1.82) is 0 Å². The first kappa shape index (κ1) is 12.5. The van der Waals surface area contributed by atoms with Crippen molar-refractivity contribution in [1.82, 2.24) is 5.32 Å². The lowest BCUT2D eigenvalue weighted by atomic mass is 10.1. The molecule has 1 aromatic rings. The third-order valence-corrected chi connectivity index (χ3v) is 3.64. The van der Waals surface area contributed by atoms with Gasteiger partial charge in [-0.25, -0.2) is 0 Å². The minimum absolute atomic E-state index is 0.192. The number of alkyl halides is 1. The Bertz CT molecular complexity index is 444. The van der Waals surface area contributed by atoms with E-state index in [1.807, 2.05) is 0 Å². The summed E-state index contributed by atoms with van der Waals surface area (Å²) in [7, 11) is 1.52. The molecule has 1 saturated carbocycles. The number of nitrogens with one attached hydrogen (secondary N) is 1. The van der Waals surface area contributed by atoms with Gasteiger partial charge in [0, 0.05) is 10.9 Å². The predicted octanol–water partition coefficient (Wildman–Crippen LogP) is 2.85. The summed E-state index contributed by atoms with van der Waals surface area (Å²) in [6.45, 7) is 0. The lowest BCUT2D eigenvalue weighted by molar-refractivity contribution is 0.0933. The number of amides is 1. The first-order valence-corrected chi connectivity index (χ1v) is 6.23. The second kappa shape index (κ2) is 4.75. The zero-order chi connectivity index (χ0) is 12.5. The number of methoxy groups -OCH3 is 1. The number of rotatable bonds is 4. The van der Waals surface area contributed by atoms with E-state index in [9.17, 15) is 4.79 Å². The number of carbonyl (C=O) groups excluding carboxylic acids is 1. The van der Waals surface area contributed by atoms with E-state index in [1.165, 1.54) is 7.11 Å². The Morgan fingerprint density at radius 2 is 2.24 bits per heavy atom. The molecular weight excluding hydrogens is 261 g/mol. The molecule has 17 heavy (non-hydrogen) atoms. The van der Waals surface area contributed by atoms with Crippen molar-refractivity contribution >= 4 is 29.1 Å². The molecule has 0 radical (unpaired) electrons. The molecule has 0 aromatic heterocycles. The molecule has 0 atom stereocenters. The maximum atomic E-state index is 12.1. The highest BCUT2D eigenvalue weighted by Crippen LogP contribution is 2.37. The van der Waals surface area contributed by atoms with Gasteiger partial charge in [0.15, 0.2) is 0 Å². The lowest BCUT2D eigenvalue weighted by Gasteiger charge is -2.15. The summed E-state index contributed by atoms with van der Waals surface area (Å²) in [6.07, 6.45) is 1.84. The predicted molar refractivity (Wildman–Crippen MR) is 68.2 cm³/mol. The molecule has 1 fully saturated rings. The SMILES string of the molecule is COc1ccc(Cl)cc1C(=O)NC1(CCl)CC1. The topological polar surface area (TPSA) is 38.3 Å². The van der Waals surface area contributed by atoms with E-state index in [0.29, 0.717) is 22.2 Å². The summed E-state index contributed by atoms with van der Waals surface area (Å²) in [4.78, 5) is 12.1. The van der Waals surface area contributed by atoms with Crippen LogP contribution in [0.1, 0.15) is 23.2 Å². The minimum Gasteiger partial charge on any atom is -0.496 e. The molecule has 2 rings (SSSR count). The van der Waals surface area contributed by atoms with Crippen molar-refractivity contribution < 1.29 is 9.53 Å². The van der Waals surface area contributed by atoms with Crippen molar-refractivity contribution in [2.45, 2.75) is 18.4 Å². The Kier molecular flexibility index (Phi) is 3.50. The van der Waals surface area contributed by atoms with Crippen LogP contribution in [-0.4, -0.2) is 24.4 Å². The Morgan fingerprint density at radius 3 is 2.76 bits per heavy atom. The summed E-state index contributed by atoms with van der Waals surface area (Å²) in [5.41, 5.74) is 0.211. The standard InChI is InChI=1S/C12H13Cl2NO2/c1-17-10-3-2-8(14)6-9(10)11(16)15-12(7-13)4-5-12/h2-3,6H,4-5,7H2,1H3,(H,15,16).